The van der Waals surface area contributed by atoms with Crippen molar-refractivity contribution in [1.82, 2.24) is 0 Å². The highest BCUT2D eigenvalue weighted by molar-refractivity contribution is 6.10. The number of methoxy groups -OCH3 is 1. The van der Waals surface area contributed by atoms with E-state index in [1.54, 1.807) is 0 Å². The minimum absolute atomic E-state index is 0.00535. The molecule has 0 N–H and O–H groups in total. The van der Waals surface area contributed by atoms with Crippen LogP contribution in [0.25, 0.3) is 33.1 Å². The van der Waals surface area contributed by atoms with Crippen LogP contribution in [0, 0.1) is 0 Å². The Morgan fingerprint density at radius 3 is 1.95 bits per heavy atom. The van der Waals surface area contributed by atoms with E-state index in [9.17, 15) is 22.8 Å². The number of rotatable bonds is 6. The Labute approximate surface area is 209 Å². The zero-order valence-electron chi connectivity index (χ0n) is 20.1. The van der Waals surface area contributed by atoms with Gasteiger partial charge in [0, 0.05) is 21.9 Å². The van der Waals surface area contributed by atoms with Crippen LogP contribution in [0.15, 0.2) is 77.3 Å². The van der Waals surface area contributed by atoms with Gasteiger partial charge in [-0.2, -0.15) is 13.2 Å². The molecule has 0 radical (unpaired) electrons. The molecule has 0 aliphatic carbocycles. The molecule has 1 heterocycles. The lowest BCUT2D eigenvalue weighted by Crippen LogP contribution is -2.09. The number of fused-ring (bicyclic) bond motifs is 3. The van der Waals surface area contributed by atoms with Crippen LogP contribution in [0.4, 0.5) is 13.2 Å². The van der Waals surface area contributed by atoms with Crippen molar-refractivity contribution >= 4 is 33.9 Å². The maximum atomic E-state index is 14.4. The smallest absolute Gasteiger partial charge is 0.420 e. The molecule has 3 aromatic carbocycles. The Morgan fingerprint density at radius 1 is 0.811 bits per heavy atom. The molecule has 6 nitrogen and oxygen atoms in total. The van der Waals surface area contributed by atoms with Gasteiger partial charge < -0.3 is 18.6 Å². The molecular formula is C28H21F3O6. The minimum atomic E-state index is -4.78. The van der Waals surface area contributed by atoms with E-state index >= 15 is 0 Å². The number of hydrogen-bond acceptors (Lipinski definition) is 6. The number of carbonyl (C=O) groups is 2. The molecule has 0 spiro atoms. The van der Waals surface area contributed by atoms with Gasteiger partial charge in [-0.05, 0) is 55.3 Å². The summed E-state index contributed by atoms with van der Waals surface area (Å²) in [5.41, 5.74) is -0.982. The van der Waals surface area contributed by atoms with E-state index in [0.29, 0.717) is 5.39 Å². The Kier molecular flexibility index (Phi) is 6.56. The molecule has 0 fully saturated rings. The van der Waals surface area contributed by atoms with Crippen molar-refractivity contribution in [3.05, 3.63) is 78.4 Å². The Morgan fingerprint density at radius 2 is 1.38 bits per heavy atom. The number of halogens is 3. The van der Waals surface area contributed by atoms with Crippen molar-refractivity contribution in [2.24, 2.45) is 0 Å². The molecule has 4 rings (SSSR count). The highest BCUT2D eigenvalue weighted by Crippen LogP contribution is 2.47. The number of esters is 2. The summed E-state index contributed by atoms with van der Waals surface area (Å²) in [7, 11) is 1.29. The molecular weight excluding hydrogens is 489 g/mol. The molecule has 0 amide bonds. The quantitative estimate of drug-likeness (QED) is 0.155. The first-order chi connectivity index (χ1) is 17.4. The SMILES string of the molecule is C=C(C)C(=O)Oc1ccc(-c2ccc3c(oc4c(OC)c(OC(=O)C(=C)C)ccc43)c2C(F)(F)F)cc1. The normalized spacial score (nSPS) is 11.4. The first-order valence-electron chi connectivity index (χ1n) is 10.9. The Hall–Kier alpha value is -4.53. The van der Waals surface area contributed by atoms with Gasteiger partial charge in [-0.3, -0.25) is 0 Å². The summed E-state index contributed by atoms with van der Waals surface area (Å²) in [6.07, 6.45) is -4.78. The van der Waals surface area contributed by atoms with Gasteiger partial charge in [0.1, 0.15) is 16.9 Å². The highest BCUT2D eigenvalue weighted by Gasteiger charge is 2.38. The number of ether oxygens (including phenoxy) is 3. The summed E-state index contributed by atoms with van der Waals surface area (Å²) in [6, 6.07) is 11.4. The molecule has 1 aromatic heterocycles. The van der Waals surface area contributed by atoms with E-state index in [-0.39, 0.29) is 50.5 Å². The number of carbonyl (C=O) groups excluding carboxylic acids is 2. The van der Waals surface area contributed by atoms with E-state index in [2.05, 4.69) is 13.2 Å². The van der Waals surface area contributed by atoms with Crippen molar-refractivity contribution in [3.8, 4) is 28.4 Å². The van der Waals surface area contributed by atoms with Gasteiger partial charge in [-0.25, -0.2) is 9.59 Å². The van der Waals surface area contributed by atoms with Gasteiger partial charge in [0.2, 0.25) is 5.75 Å². The van der Waals surface area contributed by atoms with E-state index in [1.807, 2.05) is 0 Å². The largest absolute Gasteiger partial charge is 0.490 e. The van der Waals surface area contributed by atoms with E-state index < -0.39 is 29.3 Å². The van der Waals surface area contributed by atoms with Crippen molar-refractivity contribution in [2.75, 3.05) is 7.11 Å². The van der Waals surface area contributed by atoms with Crippen LogP contribution in [0.5, 0.6) is 17.2 Å². The molecule has 0 saturated heterocycles. The molecule has 0 aliphatic heterocycles. The fourth-order valence-corrected chi connectivity index (χ4v) is 3.74. The van der Waals surface area contributed by atoms with Gasteiger partial charge in [-0.15, -0.1) is 0 Å². The van der Waals surface area contributed by atoms with Crippen molar-refractivity contribution < 1.29 is 41.4 Å². The second-order valence-electron chi connectivity index (χ2n) is 8.30. The van der Waals surface area contributed by atoms with Crippen LogP contribution in [0.1, 0.15) is 19.4 Å². The first-order valence-corrected chi connectivity index (χ1v) is 10.9. The van der Waals surface area contributed by atoms with Crippen LogP contribution < -0.4 is 14.2 Å². The lowest BCUT2D eigenvalue weighted by atomic mass is 9.96. The first kappa shape index (κ1) is 25.6. The maximum absolute atomic E-state index is 14.4. The number of alkyl halides is 3. The fourth-order valence-electron chi connectivity index (χ4n) is 3.74. The van der Waals surface area contributed by atoms with E-state index in [0.717, 1.165) is 0 Å². The summed E-state index contributed by atoms with van der Waals surface area (Å²) in [6.45, 7) is 9.95. The molecule has 4 aromatic rings. The molecule has 0 unspecified atom stereocenters. The van der Waals surface area contributed by atoms with Gasteiger partial charge in [0.05, 0.1) is 7.11 Å². The molecule has 0 atom stereocenters. The molecule has 0 saturated carbocycles. The average Bonchev–Trinajstić information content (AvgIpc) is 3.21. The molecule has 0 bridgehead atoms. The van der Waals surface area contributed by atoms with Crippen LogP contribution in [0.2, 0.25) is 0 Å². The topological polar surface area (TPSA) is 75.0 Å². The third kappa shape index (κ3) is 4.80. The molecule has 190 valence electrons. The zero-order chi connectivity index (χ0) is 27.1. The lowest BCUT2D eigenvalue weighted by molar-refractivity contribution is -0.136. The predicted octanol–water partition coefficient (Wildman–Crippen LogP) is 7.24. The summed E-state index contributed by atoms with van der Waals surface area (Å²) >= 11 is 0. The zero-order valence-corrected chi connectivity index (χ0v) is 20.1. The third-order valence-corrected chi connectivity index (χ3v) is 5.49. The summed E-state index contributed by atoms with van der Waals surface area (Å²) in [5, 5.41) is 0.551. The summed E-state index contributed by atoms with van der Waals surface area (Å²) in [4.78, 5) is 23.7. The predicted molar refractivity (Wildman–Crippen MR) is 132 cm³/mol. The van der Waals surface area contributed by atoms with Crippen molar-refractivity contribution in [2.45, 2.75) is 20.0 Å². The number of hydrogen-bond donors (Lipinski definition) is 0. The van der Waals surface area contributed by atoms with E-state index in [4.69, 9.17) is 18.6 Å². The fraction of sp³-hybridized carbons (Fsp3) is 0.143. The van der Waals surface area contributed by atoms with Crippen LogP contribution >= 0.6 is 0 Å². The third-order valence-electron chi connectivity index (χ3n) is 5.49. The standard InChI is InChI=1S/C28H21F3O6/c1-14(2)26(32)35-17-8-6-16(7-9-17)18-10-11-19-20-12-13-21(36-27(33)15(3)4)25(34-5)24(20)37-23(19)22(18)28(29,30)31/h6-13H,1,3H2,2,4-5H3. The monoisotopic (exact) mass is 510 g/mol. The maximum Gasteiger partial charge on any atom is 0.420 e. The second-order valence-corrected chi connectivity index (χ2v) is 8.30. The average molecular weight is 510 g/mol. The van der Waals surface area contributed by atoms with Crippen LogP contribution in [-0.4, -0.2) is 19.0 Å². The van der Waals surface area contributed by atoms with Gasteiger partial charge in [-0.1, -0.05) is 31.4 Å². The Balaban J connectivity index is 1.89. The second kappa shape index (κ2) is 9.50. The summed E-state index contributed by atoms with van der Waals surface area (Å²) < 4.78 is 64.7. The minimum Gasteiger partial charge on any atom is -0.490 e. The summed E-state index contributed by atoms with van der Waals surface area (Å²) in [5.74, 6) is -1.24. The molecule has 37 heavy (non-hydrogen) atoms. The number of furan rings is 1. The van der Waals surface area contributed by atoms with Crippen molar-refractivity contribution in [1.29, 1.82) is 0 Å². The lowest BCUT2D eigenvalue weighted by Gasteiger charge is -2.14. The Bertz CT molecular complexity index is 1580. The molecule has 0 aliphatic rings. The highest BCUT2D eigenvalue weighted by atomic mass is 19.4. The van der Waals surface area contributed by atoms with Gasteiger partial charge in [0.15, 0.2) is 11.3 Å². The van der Waals surface area contributed by atoms with Gasteiger partial charge in [0.25, 0.3) is 0 Å². The van der Waals surface area contributed by atoms with Crippen molar-refractivity contribution in [3.63, 3.8) is 0 Å². The number of benzene rings is 3. The van der Waals surface area contributed by atoms with Crippen LogP contribution in [-0.2, 0) is 15.8 Å². The van der Waals surface area contributed by atoms with Crippen LogP contribution in [0.3, 0.4) is 0 Å². The van der Waals surface area contributed by atoms with E-state index in [1.165, 1.54) is 69.5 Å². The molecule has 9 heteroatoms. The van der Waals surface area contributed by atoms with Gasteiger partial charge >= 0.3 is 18.1 Å².